The Morgan fingerprint density at radius 2 is 2.06 bits per heavy atom. The standard InChI is InChI=1S/C13H20N2O3/c1-10-9-11(15(16)17)5-6-12(10)18-8-7-14-13(2,3)4/h5-6,9,14H,7-8H2,1-4H3. The number of rotatable bonds is 5. The number of nitro groups is 1. The molecule has 0 aliphatic carbocycles. The average molecular weight is 252 g/mol. The summed E-state index contributed by atoms with van der Waals surface area (Å²) in [7, 11) is 0. The highest BCUT2D eigenvalue weighted by Gasteiger charge is 2.10. The third kappa shape index (κ3) is 4.71. The number of nitrogens with one attached hydrogen (secondary N) is 1. The lowest BCUT2D eigenvalue weighted by molar-refractivity contribution is -0.384. The maximum absolute atomic E-state index is 10.6. The van der Waals surface area contributed by atoms with E-state index in [-0.39, 0.29) is 11.2 Å². The van der Waals surface area contributed by atoms with E-state index in [9.17, 15) is 10.1 Å². The van der Waals surface area contributed by atoms with Crippen molar-refractivity contribution in [3.8, 4) is 5.75 Å². The average Bonchev–Trinajstić information content (AvgIpc) is 2.24. The fourth-order valence-corrected chi connectivity index (χ4v) is 1.50. The molecule has 0 radical (unpaired) electrons. The summed E-state index contributed by atoms with van der Waals surface area (Å²) in [4.78, 5) is 10.2. The first kappa shape index (κ1) is 14.4. The lowest BCUT2D eigenvalue weighted by Crippen LogP contribution is -2.38. The summed E-state index contributed by atoms with van der Waals surface area (Å²) in [5.74, 6) is 0.691. The van der Waals surface area contributed by atoms with Gasteiger partial charge in [-0.3, -0.25) is 10.1 Å². The van der Waals surface area contributed by atoms with Crippen LogP contribution in [0.3, 0.4) is 0 Å². The fourth-order valence-electron chi connectivity index (χ4n) is 1.50. The molecule has 0 amide bonds. The topological polar surface area (TPSA) is 64.4 Å². The quantitative estimate of drug-likeness (QED) is 0.497. The van der Waals surface area contributed by atoms with Crippen LogP contribution in [0.25, 0.3) is 0 Å². The van der Waals surface area contributed by atoms with Crippen LogP contribution in [0, 0.1) is 17.0 Å². The van der Waals surface area contributed by atoms with Gasteiger partial charge in [0.2, 0.25) is 0 Å². The second-order valence-corrected chi connectivity index (χ2v) is 5.23. The zero-order valence-corrected chi connectivity index (χ0v) is 11.3. The minimum atomic E-state index is -0.405. The van der Waals surface area contributed by atoms with Crippen molar-refractivity contribution in [3.05, 3.63) is 33.9 Å². The Hall–Kier alpha value is -1.62. The molecule has 0 atom stereocenters. The molecule has 100 valence electrons. The molecule has 0 spiro atoms. The highest BCUT2D eigenvalue weighted by Crippen LogP contribution is 2.22. The summed E-state index contributed by atoms with van der Waals surface area (Å²) in [6, 6.07) is 4.62. The molecule has 0 unspecified atom stereocenters. The molecule has 1 aromatic carbocycles. The summed E-state index contributed by atoms with van der Waals surface area (Å²) in [6.07, 6.45) is 0. The van der Waals surface area contributed by atoms with E-state index in [0.717, 1.165) is 12.1 Å². The second kappa shape index (κ2) is 5.82. The molecule has 0 heterocycles. The zero-order valence-electron chi connectivity index (χ0n) is 11.3. The number of nitro benzene ring substituents is 1. The predicted octanol–water partition coefficient (Wildman–Crippen LogP) is 2.67. The first-order valence-electron chi connectivity index (χ1n) is 5.92. The van der Waals surface area contributed by atoms with E-state index in [1.807, 2.05) is 0 Å². The van der Waals surface area contributed by atoms with Crippen molar-refractivity contribution in [1.82, 2.24) is 5.32 Å². The molecule has 5 nitrogen and oxygen atoms in total. The Morgan fingerprint density at radius 3 is 2.56 bits per heavy atom. The van der Waals surface area contributed by atoms with Gasteiger partial charge in [0.05, 0.1) is 4.92 Å². The highest BCUT2D eigenvalue weighted by atomic mass is 16.6. The third-order valence-electron chi connectivity index (χ3n) is 2.38. The van der Waals surface area contributed by atoms with Crippen LogP contribution in [0.1, 0.15) is 26.3 Å². The van der Waals surface area contributed by atoms with Crippen LogP contribution in [0.5, 0.6) is 5.75 Å². The third-order valence-corrected chi connectivity index (χ3v) is 2.38. The van der Waals surface area contributed by atoms with Gasteiger partial charge in [-0.25, -0.2) is 0 Å². The monoisotopic (exact) mass is 252 g/mol. The second-order valence-electron chi connectivity index (χ2n) is 5.23. The molecule has 0 aromatic heterocycles. The molecule has 5 heteroatoms. The molecule has 1 aromatic rings. The van der Waals surface area contributed by atoms with E-state index in [1.54, 1.807) is 13.0 Å². The van der Waals surface area contributed by atoms with Gasteiger partial charge in [0.15, 0.2) is 0 Å². The van der Waals surface area contributed by atoms with Crippen LogP contribution in [-0.4, -0.2) is 23.6 Å². The van der Waals surface area contributed by atoms with E-state index in [0.29, 0.717) is 12.4 Å². The van der Waals surface area contributed by atoms with E-state index >= 15 is 0 Å². The normalized spacial score (nSPS) is 11.3. The van der Waals surface area contributed by atoms with Gasteiger partial charge < -0.3 is 10.1 Å². The van der Waals surface area contributed by atoms with Crippen LogP contribution >= 0.6 is 0 Å². The number of benzene rings is 1. The maximum Gasteiger partial charge on any atom is 0.269 e. The Balaban J connectivity index is 2.51. The highest BCUT2D eigenvalue weighted by molar-refractivity contribution is 5.42. The lowest BCUT2D eigenvalue weighted by Gasteiger charge is -2.20. The van der Waals surface area contributed by atoms with Crippen molar-refractivity contribution in [2.75, 3.05) is 13.2 Å². The van der Waals surface area contributed by atoms with Gasteiger partial charge in [-0.1, -0.05) is 0 Å². The molecule has 0 aliphatic heterocycles. The maximum atomic E-state index is 10.6. The number of nitrogens with zero attached hydrogens (tertiary/aromatic N) is 1. The number of hydrogen-bond donors (Lipinski definition) is 1. The molecule has 0 saturated heterocycles. The van der Waals surface area contributed by atoms with Gasteiger partial charge in [-0.15, -0.1) is 0 Å². The fraction of sp³-hybridized carbons (Fsp3) is 0.538. The Morgan fingerprint density at radius 1 is 1.39 bits per heavy atom. The van der Waals surface area contributed by atoms with Crippen molar-refractivity contribution in [2.24, 2.45) is 0 Å². The van der Waals surface area contributed by atoms with Gasteiger partial charge in [0, 0.05) is 24.2 Å². The van der Waals surface area contributed by atoms with Crippen molar-refractivity contribution >= 4 is 5.69 Å². The smallest absolute Gasteiger partial charge is 0.269 e. The van der Waals surface area contributed by atoms with E-state index in [1.165, 1.54) is 12.1 Å². The van der Waals surface area contributed by atoms with Gasteiger partial charge in [-0.2, -0.15) is 0 Å². The number of aryl methyl sites for hydroxylation is 1. The van der Waals surface area contributed by atoms with Crippen molar-refractivity contribution in [1.29, 1.82) is 0 Å². The molecular formula is C13H20N2O3. The van der Waals surface area contributed by atoms with Crippen LogP contribution in [0.2, 0.25) is 0 Å². The van der Waals surface area contributed by atoms with Crippen LogP contribution in [-0.2, 0) is 0 Å². The number of ether oxygens (including phenoxy) is 1. The van der Waals surface area contributed by atoms with Gasteiger partial charge in [0.1, 0.15) is 12.4 Å². The van der Waals surface area contributed by atoms with E-state index < -0.39 is 4.92 Å². The number of non-ortho nitro benzene ring substituents is 1. The van der Waals surface area contributed by atoms with Gasteiger partial charge >= 0.3 is 0 Å². The first-order valence-corrected chi connectivity index (χ1v) is 5.92. The first-order chi connectivity index (χ1) is 8.29. The molecular weight excluding hydrogens is 232 g/mol. The minimum Gasteiger partial charge on any atom is -0.492 e. The molecule has 0 aliphatic rings. The predicted molar refractivity (Wildman–Crippen MR) is 71.1 cm³/mol. The van der Waals surface area contributed by atoms with Crippen molar-refractivity contribution in [3.63, 3.8) is 0 Å². The van der Waals surface area contributed by atoms with Crippen molar-refractivity contribution < 1.29 is 9.66 Å². The van der Waals surface area contributed by atoms with Gasteiger partial charge in [-0.05, 0) is 39.3 Å². The molecule has 0 saturated carbocycles. The molecule has 1 N–H and O–H groups in total. The summed E-state index contributed by atoms with van der Waals surface area (Å²) in [5, 5.41) is 13.9. The van der Waals surface area contributed by atoms with Gasteiger partial charge in [0.25, 0.3) is 5.69 Å². The molecule has 0 fully saturated rings. The van der Waals surface area contributed by atoms with E-state index in [2.05, 4.69) is 26.1 Å². The Kier molecular flexibility index (Phi) is 4.67. The molecule has 0 bridgehead atoms. The minimum absolute atomic E-state index is 0.0634. The summed E-state index contributed by atoms with van der Waals surface area (Å²) in [5.41, 5.74) is 0.932. The Bertz CT molecular complexity index is 425. The largest absolute Gasteiger partial charge is 0.492 e. The Labute approximate surface area is 107 Å². The van der Waals surface area contributed by atoms with Crippen LogP contribution < -0.4 is 10.1 Å². The summed E-state index contributed by atoms with van der Waals surface area (Å²) in [6.45, 7) is 9.34. The molecule has 18 heavy (non-hydrogen) atoms. The molecule has 1 rings (SSSR count). The van der Waals surface area contributed by atoms with Crippen LogP contribution in [0.4, 0.5) is 5.69 Å². The lowest BCUT2D eigenvalue weighted by atomic mass is 10.1. The van der Waals surface area contributed by atoms with E-state index in [4.69, 9.17) is 4.74 Å². The summed E-state index contributed by atoms with van der Waals surface area (Å²) >= 11 is 0. The zero-order chi connectivity index (χ0) is 13.8. The summed E-state index contributed by atoms with van der Waals surface area (Å²) < 4.78 is 5.58. The number of hydrogen-bond acceptors (Lipinski definition) is 4. The van der Waals surface area contributed by atoms with Crippen LogP contribution in [0.15, 0.2) is 18.2 Å². The van der Waals surface area contributed by atoms with Crippen molar-refractivity contribution in [2.45, 2.75) is 33.2 Å². The SMILES string of the molecule is Cc1cc([N+](=O)[O-])ccc1OCCNC(C)(C)C.